The van der Waals surface area contributed by atoms with Crippen molar-refractivity contribution in [2.24, 2.45) is 5.41 Å². The topological polar surface area (TPSA) is 67.4 Å². The number of halogens is 1. The smallest absolute Gasteiger partial charge is 0.240 e. The first-order valence-electron chi connectivity index (χ1n) is 8.93. The van der Waals surface area contributed by atoms with Gasteiger partial charge in [0.15, 0.2) is 0 Å². The maximum atomic E-state index is 12.8. The Hall–Kier alpha value is -2.53. The van der Waals surface area contributed by atoms with E-state index in [4.69, 9.17) is 16.3 Å². The van der Waals surface area contributed by atoms with E-state index in [2.05, 4.69) is 10.6 Å². The monoisotopic (exact) mass is 386 g/mol. The van der Waals surface area contributed by atoms with E-state index >= 15 is 0 Å². The fourth-order valence-corrected chi connectivity index (χ4v) is 3.24. The van der Waals surface area contributed by atoms with Crippen LogP contribution in [0.2, 0.25) is 5.02 Å². The van der Waals surface area contributed by atoms with E-state index in [1.807, 2.05) is 43.3 Å². The molecule has 3 rings (SSSR count). The number of anilines is 1. The summed E-state index contributed by atoms with van der Waals surface area (Å²) in [5.74, 6) is 0.0615. The standard InChI is InChI=1S/C21H23ClN2O3/c1-14-6-7-18(27-2)17(12-14)24-20(26)21(9-10-21)19(25)23-11-8-15-4-3-5-16(22)13-15/h3-7,12-13H,8-11H2,1-2H3,(H,23,25)(H,24,26). The summed E-state index contributed by atoms with van der Waals surface area (Å²) in [4.78, 5) is 25.4. The van der Waals surface area contributed by atoms with Crippen LogP contribution in [0.4, 0.5) is 5.69 Å². The maximum absolute atomic E-state index is 12.8. The second-order valence-electron chi connectivity index (χ2n) is 6.88. The summed E-state index contributed by atoms with van der Waals surface area (Å²) in [7, 11) is 1.55. The number of methoxy groups -OCH3 is 1. The molecule has 0 aromatic heterocycles. The minimum absolute atomic E-state index is 0.228. The van der Waals surface area contributed by atoms with Crippen molar-refractivity contribution in [3.8, 4) is 5.75 Å². The summed E-state index contributed by atoms with van der Waals surface area (Å²) in [5.41, 5.74) is 1.65. The lowest BCUT2D eigenvalue weighted by Gasteiger charge is -2.17. The van der Waals surface area contributed by atoms with Crippen LogP contribution in [0.1, 0.15) is 24.0 Å². The quantitative estimate of drug-likeness (QED) is 0.712. The van der Waals surface area contributed by atoms with Gasteiger partial charge in [-0.1, -0.05) is 29.8 Å². The van der Waals surface area contributed by atoms with Gasteiger partial charge in [0.25, 0.3) is 0 Å². The maximum Gasteiger partial charge on any atom is 0.240 e. The molecule has 27 heavy (non-hydrogen) atoms. The normalized spacial score (nSPS) is 14.3. The average molecular weight is 387 g/mol. The van der Waals surface area contributed by atoms with E-state index in [-0.39, 0.29) is 11.8 Å². The third-order valence-electron chi connectivity index (χ3n) is 4.81. The van der Waals surface area contributed by atoms with Gasteiger partial charge in [0.1, 0.15) is 11.2 Å². The van der Waals surface area contributed by atoms with Crippen LogP contribution in [-0.2, 0) is 16.0 Å². The van der Waals surface area contributed by atoms with Crippen LogP contribution in [0.3, 0.4) is 0 Å². The van der Waals surface area contributed by atoms with Gasteiger partial charge >= 0.3 is 0 Å². The molecule has 2 aromatic carbocycles. The van der Waals surface area contributed by atoms with Gasteiger partial charge in [0.05, 0.1) is 12.8 Å². The highest BCUT2D eigenvalue weighted by Gasteiger charge is 2.56. The molecule has 1 aliphatic rings. The Morgan fingerprint density at radius 2 is 1.93 bits per heavy atom. The Morgan fingerprint density at radius 3 is 2.59 bits per heavy atom. The van der Waals surface area contributed by atoms with Gasteiger partial charge < -0.3 is 15.4 Å². The largest absolute Gasteiger partial charge is 0.495 e. The predicted molar refractivity (Wildman–Crippen MR) is 106 cm³/mol. The number of ether oxygens (including phenoxy) is 1. The Kier molecular flexibility index (Phi) is 5.71. The molecule has 2 N–H and O–H groups in total. The number of carbonyl (C=O) groups is 2. The summed E-state index contributed by atoms with van der Waals surface area (Å²) in [6, 6.07) is 13.1. The van der Waals surface area contributed by atoms with Gasteiger partial charge in [0.2, 0.25) is 11.8 Å². The molecule has 2 amide bonds. The van der Waals surface area contributed by atoms with E-state index in [9.17, 15) is 9.59 Å². The minimum Gasteiger partial charge on any atom is -0.495 e. The second-order valence-corrected chi connectivity index (χ2v) is 7.31. The van der Waals surface area contributed by atoms with Crippen molar-refractivity contribution < 1.29 is 14.3 Å². The highest BCUT2D eigenvalue weighted by atomic mass is 35.5. The first kappa shape index (κ1) is 19.2. The van der Waals surface area contributed by atoms with Gasteiger partial charge in [0, 0.05) is 11.6 Å². The molecule has 0 spiro atoms. The molecule has 0 atom stereocenters. The molecule has 0 bridgehead atoms. The molecule has 0 aliphatic heterocycles. The van der Waals surface area contributed by atoms with Crippen molar-refractivity contribution in [2.75, 3.05) is 19.0 Å². The SMILES string of the molecule is COc1ccc(C)cc1NC(=O)C1(C(=O)NCCc2cccc(Cl)c2)CC1. The second kappa shape index (κ2) is 8.01. The van der Waals surface area contributed by atoms with Crippen molar-refractivity contribution in [3.05, 3.63) is 58.6 Å². The zero-order valence-electron chi connectivity index (χ0n) is 15.5. The van der Waals surface area contributed by atoms with Crippen molar-refractivity contribution in [1.29, 1.82) is 0 Å². The Balaban J connectivity index is 1.60. The van der Waals surface area contributed by atoms with Crippen molar-refractivity contribution in [2.45, 2.75) is 26.2 Å². The summed E-state index contributed by atoms with van der Waals surface area (Å²) in [6.45, 7) is 2.40. The first-order chi connectivity index (χ1) is 12.9. The molecule has 5 nitrogen and oxygen atoms in total. The van der Waals surface area contributed by atoms with E-state index in [0.717, 1.165) is 11.1 Å². The van der Waals surface area contributed by atoms with Gasteiger partial charge in [-0.2, -0.15) is 0 Å². The van der Waals surface area contributed by atoms with Gasteiger partial charge in [-0.25, -0.2) is 0 Å². The molecule has 0 radical (unpaired) electrons. The zero-order chi connectivity index (χ0) is 19.4. The van der Waals surface area contributed by atoms with Gasteiger partial charge in [-0.15, -0.1) is 0 Å². The van der Waals surface area contributed by atoms with Crippen LogP contribution >= 0.6 is 11.6 Å². The number of hydrogen-bond donors (Lipinski definition) is 2. The summed E-state index contributed by atoms with van der Waals surface area (Å²) >= 11 is 5.97. The highest BCUT2D eigenvalue weighted by molar-refractivity contribution is 6.30. The van der Waals surface area contributed by atoms with Crippen molar-refractivity contribution >= 4 is 29.1 Å². The van der Waals surface area contributed by atoms with Crippen LogP contribution < -0.4 is 15.4 Å². The van der Waals surface area contributed by atoms with Crippen LogP contribution in [0, 0.1) is 12.3 Å². The van der Waals surface area contributed by atoms with Crippen molar-refractivity contribution in [1.82, 2.24) is 5.32 Å². The Labute approximate surface area is 164 Å². The fraction of sp³-hybridized carbons (Fsp3) is 0.333. The molecular weight excluding hydrogens is 364 g/mol. The summed E-state index contributed by atoms with van der Waals surface area (Å²) in [5, 5.41) is 6.42. The number of hydrogen-bond acceptors (Lipinski definition) is 3. The van der Waals surface area contributed by atoms with Crippen LogP contribution in [0.25, 0.3) is 0 Å². The zero-order valence-corrected chi connectivity index (χ0v) is 16.2. The number of nitrogens with one attached hydrogen (secondary N) is 2. The minimum atomic E-state index is -0.983. The number of amides is 2. The molecule has 1 saturated carbocycles. The molecule has 1 aliphatic carbocycles. The summed E-state index contributed by atoms with van der Waals surface area (Å²) in [6.07, 6.45) is 1.77. The molecule has 0 unspecified atom stereocenters. The Bertz CT molecular complexity index is 862. The third-order valence-corrected chi connectivity index (χ3v) is 5.05. The van der Waals surface area contributed by atoms with Gasteiger partial charge in [-0.3, -0.25) is 9.59 Å². The fourth-order valence-electron chi connectivity index (χ4n) is 3.03. The van der Waals surface area contributed by atoms with E-state index in [0.29, 0.717) is 42.3 Å². The van der Waals surface area contributed by atoms with Gasteiger partial charge in [-0.05, 0) is 61.6 Å². The lowest BCUT2D eigenvalue weighted by molar-refractivity contribution is -0.134. The lowest BCUT2D eigenvalue weighted by atomic mass is 10.0. The average Bonchev–Trinajstić information content (AvgIpc) is 3.44. The van der Waals surface area contributed by atoms with E-state index in [1.54, 1.807) is 13.2 Å². The molecule has 142 valence electrons. The molecular formula is C21H23ClN2O3. The number of rotatable bonds is 7. The predicted octanol–water partition coefficient (Wildman–Crippen LogP) is 3.73. The molecule has 0 heterocycles. The summed E-state index contributed by atoms with van der Waals surface area (Å²) < 4.78 is 5.29. The van der Waals surface area contributed by atoms with E-state index < -0.39 is 5.41 Å². The van der Waals surface area contributed by atoms with E-state index in [1.165, 1.54) is 0 Å². The molecule has 6 heteroatoms. The van der Waals surface area contributed by atoms with Crippen molar-refractivity contribution in [3.63, 3.8) is 0 Å². The molecule has 0 saturated heterocycles. The third kappa shape index (κ3) is 4.42. The Morgan fingerprint density at radius 1 is 1.15 bits per heavy atom. The number of benzene rings is 2. The van der Waals surface area contributed by atoms with Crippen LogP contribution in [0.5, 0.6) is 5.75 Å². The number of aryl methyl sites for hydroxylation is 1. The lowest BCUT2D eigenvalue weighted by Crippen LogP contribution is -2.40. The number of carbonyl (C=O) groups excluding carboxylic acids is 2. The van der Waals surface area contributed by atoms with Crippen LogP contribution in [-0.4, -0.2) is 25.5 Å². The highest BCUT2D eigenvalue weighted by Crippen LogP contribution is 2.47. The first-order valence-corrected chi connectivity index (χ1v) is 9.31. The molecule has 1 fully saturated rings. The van der Waals surface area contributed by atoms with Crippen LogP contribution in [0.15, 0.2) is 42.5 Å². The molecule has 2 aromatic rings.